The van der Waals surface area contributed by atoms with Gasteiger partial charge in [-0.15, -0.1) is 0 Å². The molecule has 0 radical (unpaired) electrons. The van der Waals surface area contributed by atoms with Crippen molar-refractivity contribution < 1.29 is 47.5 Å². The van der Waals surface area contributed by atoms with Crippen molar-refractivity contribution in [3.8, 4) is 22.6 Å². The summed E-state index contributed by atoms with van der Waals surface area (Å²) >= 11 is 0. The Morgan fingerprint density at radius 3 is 1.92 bits per heavy atom. The third kappa shape index (κ3) is 11.2. The summed E-state index contributed by atoms with van der Waals surface area (Å²) in [4.78, 5) is 54.7. The zero-order chi connectivity index (χ0) is 38.4. The molecule has 1 unspecified atom stereocenters. The molecule has 13 heteroatoms. The van der Waals surface area contributed by atoms with E-state index >= 15 is 0 Å². The summed E-state index contributed by atoms with van der Waals surface area (Å²) in [5, 5.41) is -1.75. The Kier molecular flexibility index (Phi) is 13.4. The first kappa shape index (κ1) is 41.8. The molecule has 2 atom stereocenters. The fraction of sp³-hybridized carbons (Fsp3) is 0.605. The maximum atomic E-state index is 14.2. The van der Waals surface area contributed by atoms with Gasteiger partial charge in [0, 0.05) is 37.9 Å². The number of hydrogen-bond donors (Lipinski definition) is 1. The van der Waals surface area contributed by atoms with Gasteiger partial charge in [-0.05, 0) is 98.8 Å². The Labute approximate surface area is 303 Å². The lowest BCUT2D eigenvalue weighted by Gasteiger charge is -2.45. The van der Waals surface area contributed by atoms with E-state index in [1.54, 1.807) is 76.5 Å². The second kappa shape index (κ2) is 16.4. The van der Waals surface area contributed by atoms with E-state index < -0.39 is 47.5 Å². The molecule has 1 heterocycles. The lowest BCUT2D eigenvalue weighted by Crippen LogP contribution is -2.55. The van der Waals surface area contributed by atoms with E-state index in [-0.39, 0.29) is 45.1 Å². The first-order valence-electron chi connectivity index (χ1n) is 17.3. The fourth-order valence-corrected chi connectivity index (χ4v) is 8.20. The van der Waals surface area contributed by atoms with E-state index in [2.05, 4.69) is 0 Å². The number of amides is 2. The molecule has 0 saturated carbocycles. The second-order valence-corrected chi connectivity index (χ2v) is 18.6. The monoisotopic (exact) mass is 732 g/mol. The zero-order valence-corrected chi connectivity index (χ0v) is 33.1. The highest BCUT2D eigenvalue weighted by Gasteiger charge is 2.58. The van der Waals surface area contributed by atoms with Gasteiger partial charge in [0.25, 0.3) is 0 Å². The van der Waals surface area contributed by atoms with Gasteiger partial charge in [0.15, 0.2) is 16.7 Å². The molecule has 1 aliphatic heterocycles. The number of nitrogens with zero attached hydrogens (tertiary/aromatic N) is 2. The molecule has 51 heavy (non-hydrogen) atoms. The predicted molar refractivity (Wildman–Crippen MR) is 197 cm³/mol. The first-order chi connectivity index (χ1) is 23.5. The minimum absolute atomic E-state index is 0.00593. The van der Waals surface area contributed by atoms with Gasteiger partial charge in [0.2, 0.25) is 7.37 Å². The van der Waals surface area contributed by atoms with Crippen LogP contribution in [0.4, 0.5) is 9.59 Å². The molecule has 284 valence electrons. The average molecular weight is 733 g/mol. The summed E-state index contributed by atoms with van der Waals surface area (Å²) in [7, 11) is -0.946. The summed E-state index contributed by atoms with van der Waals surface area (Å²) in [6.45, 7) is 15.9. The van der Waals surface area contributed by atoms with Crippen LogP contribution in [0.2, 0.25) is 0 Å². The molecule has 2 amide bonds. The number of imide groups is 1. The Morgan fingerprint density at radius 2 is 1.37 bits per heavy atom. The van der Waals surface area contributed by atoms with Crippen LogP contribution >= 0.6 is 7.37 Å². The van der Waals surface area contributed by atoms with E-state index in [1.165, 1.54) is 0 Å². The summed E-state index contributed by atoms with van der Waals surface area (Å²) in [5.41, 5.74) is 0.0368. The second-order valence-electron chi connectivity index (χ2n) is 15.9. The number of para-hydroxylation sites is 1. The SMILES string of the molecule is COc1cccc(-c2ccccc2CN2CCP(=O)(O)[C@](CCCCN(C(=O)OC(C)(C)C)C(=O)OC(C)(C)C)(C(=O)OC(C)(C)C)C2)c1OC. The zero-order valence-electron chi connectivity index (χ0n) is 32.2. The Morgan fingerprint density at radius 1 is 0.804 bits per heavy atom. The maximum absolute atomic E-state index is 14.2. The number of carbonyl (C=O) groups excluding carboxylic acids is 3. The molecule has 0 bridgehead atoms. The predicted octanol–water partition coefficient (Wildman–Crippen LogP) is 7.88. The maximum Gasteiger partial charge on any atom is 0.419 e. The molecular formula is C38H57N2O10P. The third-order valence-electron chi connectivity index (χ3n) is 8.21. The lowest BCUT2D eigenvalue weighted by atomic mass is 9.96. The van der Waals surface area contributed by atoms with Crippen molar-refractivity contribution in [2.75, 3.05) is 40.0 Å². The first-order valence-corrected chi connectivity index (χ1v) is 19.2. The molecule has 2 aromatic rings. The molecule has 3 rings (SSSR count). The highest BCUT2D eigenvalue weighted by atomic mass is 31.2. The van der Waals surface area contributed by atoms with Crippen LogP contribution in [0.3, 0.4) is 0 Å². The van der Waals surface area contributed by atoms with Gasteiger partial charge >= 0.3 is 18.2 Å². The number of ether oxygens (including phenoxy) is 5. The molecule has 1 aliphatic rings. The summed E-state index contributed by atoms with van der Waals surface area (Å²) in [5.74, 6) is 0.426. The Balaban J connectivity index is 1.93. The minimum atomic E-state index is -4.11. The van der Waals surface area contributed by atoms with Crippen LogP contribution in [-0.4, -0.2) is 94.8 Å². The molecule has 1 N–H and O–H groups in total. The highest BCUT2D eigenvalue weighted by molar-refractivity contribution is 7.61. The average Bonchev–Trinajstić information content (AvgIpc) is 2.99. The fourth-order valence-electron chi connectivity index (χ4n) is 5.96. The van der Waals surface area contributed by atoms with E-state index in [0.717, 1.165) is 21.6 Å². The van der Waals surface area contributed by atoms with Crippen molar-refractivity contribution in [1.29, 1.82) is 0 Å². The normalized spacial score (nSPS) is 19.9. The van der Waals surface area contributed by atoms with E-state index in [0.29, 0.717) is 18.0 Å². The summed E-state index contributed by atoms with van der Waals surface area (Å²) in [6.07, 6.45) is -1.38. The highest BCUT2D eigenvalue weighted by Crippen LogP contribution is 2.60. The van der Waals surface area contributed by atoms with Gasteiger partial charge in [0.1, 0.15) is 16.8 Å². The van der Waals surface area contributed by atoms with E-state index in [9.17, 15) is 23.8 Å². The number of methoxy groups -OCH3 is 2. The summed E-state index contributed by atoms with van der Waals surface area (Å²) < 4.78 is 42.2. The van der Waals surface area contributed by atoms with Gasteiger partial charge in [-0.2, -0.15) is 0 Å². The quantitative estimate of drug-likeness (QED) is 0.104. The Hall–Kier alpha value is -3.60. The number of esters is 1. The van der Waals surface area contributed by atoms with Crippen LogP contribution in [0.5, 0.6) is 11.5 Å². The lowest BCUT2D eigenvalue weighted by molar-refractivity contribution is -0.159. The van der Waals surface area contributed by atoms with Crippen molar-refractivity contribution in [3.63, 3.8) is 0 Å². The van der Waals surface area contributed by atoms with Crippen LogP contribution in [0.1, 0.15) is 87.1 Å². The van der Waals surface area contributed by atoms with Crippen molar-refractivity contribution in [2.24, 2.45) is 0 Å². The molecule has 0 spiro atoms. The number of hydrogen-bond acceptors (Lipinski definition) is 10. The van der Waals surface area contributed by atoms with Crippen molar-refractivity contribution >= 4 is 25.5 Å². The van der Waals surface area contributed by atoms with Gasteiger partial charge in [-0.25, -0.2) is 14.5 Å². The van der Waals surface area contributed by atoms with Crippen molar-refractivity contribution in [1.82, 2.24) is 9.80 Å². The van der Waals surface area contributed by atoms with Gasteiger partial charge in [-0.3, -0.25) is 14.3 Å². The van der Waals surface area contributed by atoms with E-state index in [1.807, 2.05) is 47.4 Å². The van der Waals surface area contributed by atoms with E-state index in [4.69, 9.17) is 23.7 Å². The van der Waals surface area contributed by atoms with Crippen LogP contribution < -0.4 is 9.47 Å². The third-order valence-corrected chi connectivity index (χ3v) is 10.9. The smallest absolute Gasteiger partial charge is 0.419 e. The van der Waals surface area contributed by atoms with Crippen LogP contribution in [0, 0.1) is 0 Å². The van der Waals surface area contributed by atoms with Crippen LogP contribution in [0.15, 0.2) is 42.5 Å². The van der Waals surface area contributed by atoms with Crippen molar-refractivity contribution in [3.05, 3.63) is 48.0 Å². The molecule has 0 aromatic heterocycles. The molecule has 2 aromatic carbocycles. The molecule has 0 aliphatic carbocycles. The Bertz CT molecular complexity index is 1560. The molecule has 1 fully saturated rings. The topological polar surface area (TPSA) is 141 Å². The van der Waals surface area contributed by atoms with Gasteiger partial charge in [-0.1, -0.05) is 36.4 Å². The van der Waals surface area contributed by atoms with Gasteiger partial charge < -0.3 is 28.6 Å². The molecule has 1 saturated heterocycles. The summed E-state index contributed by atoms with van der Waals surface area (Å²) in [6, 6.07) is 13.5. The molecular weight excluding hydrogens is 675 g/mol. The van der Waals surface area contributed by atoms with Crippen molar-refractivity contribution in [2.45, 2.75) is 110 Å². The number of rotatable bonds is 11. The molecule has 12 nitrogen and oxygen atoms in total. The van der Waals surface area contributed by atoms with Crippen LogP contribution in [-0.2, 0) is 30.1 Å². The standard InChI is InChI=1S/C38H57N2O10P/c1-35(2,3)48-32(41)38(21-14-15-22-40(33(42)49-36(4,5)6)34(43)50-37(7,8)9)26-39(23-24-51(38,44)45)25-27-17-12-13-18-28(27)29-19-16-20-30(46-10)31(29)47-11/h12-13,16-20H,14-15,21-26H2,1-11H3,(H,44,45)/t38-/m0/s1. The van der Waals surface area contributed by atoms with Gasteiger partial charge in [0.05, 0.1) is 14.2 Å². The van der Waals surface area contributed by atoms with Crippen LogP contribution in [0.25, 0.3) is 11.1 Å². The minimum Gasteiger partial charge on any atom is -0.493 e. The number of unbranched alkanes of at least 4 members (excludes halogenated alkanes) is 1. The largest absolute Gasteiger partial charge is 0.493 e. The number of carbonyl (C=O) groups is 3. The number of benzene rings is 2.